The van der Waals surface area contributed by atoms with Crippen LogP contribution in [0.15, 0.2) is 70.5 Å². The number of nitriles is 1. The number of sulfonamides is 2. The van der Waals surface area contributed by atoms with Gasteiger partial charge < -0.3 is 4.74 Å². The van der Waals surface area contributed by atoms with E-state index < -0.39 is 31.9 Å². The van der Waals surface area contributed by atoms with Gasteiger partial charge in [0.05, 0.1) is 16.5 Å². The van der Waals surface area contributed by atoms with Crippen LogP contribution in [-0.2, 0) is 20.0 Å². The molecular formula is C24H20Cl2FN3O5S2. The van der Waals surface area contributed by atoms with E-state index in [2.05, 4.69) is 4.72 Å². The van der Waals surface area contributed by atoms with Crippen LogP contribution in [-0.4, -0.2) is 40.3 Å². The van der Waals surface area contributed by atoms with Crippen LogP contribution in [0.1, 0.15) is 18.4 Å². The third kappa shape index (κ3) is 6.41. The second-order valence-corrected chi connectivity index (χ2v) is 12.7. The molecule has 1 aliphatic heterocycles. The average molecular weight is 584 g/mol. The molecule has 0 amide bonds. The Bertz CT molecular complexity index is 1570. The van der Waals surface area contributed by atoms with E-state index in [0.29, 0.717) is 10.0 Å². The van der Waals surface area contributed by atoms with E-state index >= 15 is 0 Å². The van der Waals surface area contributed by atoms with Gasteiger partial charge in [-0.05, 0) is 67.4 Å². The Labute approximate surface area is 224 Å². The van der Waals surface area contributed by atoms with Crippen LogP contribution in [0.25, 0.3) is 0 Å². The van der Waals surface area contributed by atoms with E-state index in [1.165, 1.54) is 52.8 Å². The molecular weight excluding hydrogens is 564 g/mol. The zero-order valence-electron chi connectivity index (χ0n) is 19.1. The number of hydrogen-bond acceptors (Lipinski definition) is 6. The number of piperidine rings is 1. The van der Waals surface area contributed by atoms with Crippen LogP contribution in [0.2, 0.25) is 10.0 Å². The summed E-state index contributed by atoms with van der Waals surface area (Å²) in [6.07, 6.45) is 0.373. The quantitative estimate of drug-likeness (QED) is 0.421. The maximum Gasteiger partial charge on any atom is 0.246 e. The van der Waals surface area contributed by atoms with Crippen molar-refractivity contribution in [2.75, 3.05) is 13.1 Å². The molecule has 0 unspecified atom stereocenters. The summed E-state index contributed by atoms with van der Waals surface area (Å²) in [6, 6.07) is 14.5. The van der Waals surface area contributed by atoms with Crippen LogP contribution < -0.4 is 9.46 Å². The van der Waals surface area contributed by atoms with E-state index in [4.69, 9.17) is 27.9 Å². The molecule has 0 spiro atoms. The Balaban J connectivity index is 1.53. The van der Waals surface area contributed by atoms with Crippen LogP contribution >= 0.6 is 23.2 Å². The lowest BCUT2D eigenvalue weighted by atomic mass is 10.1. The van der Waals surface area contributed by atoms with E-state index in [9.17, 15) is 26.5 Å². The van der Waals surface area contributed by atoms with E-state index in [-0.39, 0.29) is 52.8 Å². The summed E-state index contributed by atoms with van der Waals surface area (Å²) in [5.41, 5.74) is 0.118. The van der Waals surface area contributed by atoms with Gasteiger partial charge in [0.15, 0.2) is 0 Å². The maximum atomic E-state index is 13.6. The number of nitrogens with one attached hydrogen (secondary N) is 1. The van der Waals surface area contributed by atoms with Crippen molar-refractivity contribution in [1.82, 2.24) is 9.03 Å². The molecule has 3 aromatic rings. The lowest BCUT2D eigenvalue weighted by molar-refractivity contribution is 0.307. The molecule has 0 bridgehead atoms. The number of nitrogens with zero attached hydrogens (tertiary/aromatic N) is 2. The predicted molar refractivity (Wildman–Crippen MR) is 136 cm³/mol. The fourth-order valence-electron chi connectivity index (χ4n) is 3.85. The van der Waals surface area contributed by atoms with Crippen molar-refractivity contribution in [1.29, 1.82) is 5.26 Å². The smallest absolute Gasteiger partial charge is 0.246 e. The van der Waals surface area contributed by atoms with Crippen molar-refractivity contribution in [3.63, 3.8) is 0 Å². The third-order valence-corrected chi connectivity index (χ3v) is 9.51. The predicted octanol–water partition coefficient (Wildman–Crippen LogP) is 4.93. The molecule has 1 saturated heterocycles. The lowest BCUT2D eigenvalue weighted by Gasteiger charge is -2.31. The van der Waals surface area contributed by atoms with Gasteiger partial charge in [-0.3, -0.25) is 0 Å². The highest BCUT2D eigenvalue weighted by Crippen LogP contribution is 2.35. The summed E-state index contributed by atoms with van der Waals surface area (Å²) in [6.45, 7) is 0.0236. The SMILES string of the molecule is N#Cc1ccc(Oc2cc(Cl)cc(Cl)c2)c(S(=O)(=O)N2CCC(NS(=O)(=O)c3cccc(F)c3)CC2)c1. The highest BCUT2D eigenvalue weighted by Gasteiger charge is 2.33. The minimum absolute atomic E-state index is 0.0118. The van der Waals surface area contributed by atoms with Gasteiger partial charge in [-0.1, -0.05) is 29.3 Å². The largest absolute Gasteiger partial charge is 0.456 e. The summed E-state index contributed by atoms with van der Waals surface area (Å²) >= 11 is 12.0. The fraction of sp³-hybridized carbons (Fsp3) is 0.208. The van der Waals surface area contributed by atoms with Gasteiger partial charge in [0, 0.05) is 29.2 Å². The van der Waals surface area contributed by atoms with Gasteiger partial charge in [0.2, 0.25) is 20.0 Å². The molecule has 4 rings (SSSR count). The Morgan fingerprint density at radius 2 is 1.65 bits per heavy atom. The summed E-state index contributed by atoms with van der Waals surface area (Å²) < 4.78 is 75.3. The van der Waals surface area contributed by atoms with Crippen molar-refractivity contribution in [2.45, 2.75) is 28.7 Å². The Kier molecular flexibility index (Phi) is 8.08. The third-order valence-electron chi connectivity index (χ3n) is 5.64. The van der Waals surface area contributed by atoms with E-state index in [1.54, 1.807) is 0 Å². The average Bonchev–Trinajstić information content (AvgIpc) is 2.84. The van der Waals surface area contributed by atoms with Crippen LogP contribution in [0, 0.1) is 17.1 Å². The Morgan fingerprint density at radius 1 is 0.973 bits per heavy atom. The van der Waals surface area contributed by atoms with Crippen molar-refractivity contribution >= 4 is 43.2 Å². The molecule has 1 heterocycles. The van der Waals surface area contributed by atoms with Crippen LogP contribution in [0.4, 0.5) is 4.39 Å². The first-order valence-corrected chi connectivity index (χ1v) is 14.6. The van der Waals surface area contributed by atoms with Crippen molar-refractivity contribution in [3.8, 4) is 17.6 Å². The second kappa shape index (κ2) is 10.9. The number of rotatable bonds is 7. The topological polar surface area (TPSA) is 117 Å². The van der Waals surface area contributed by atoms with Gasteiger partial charge in [0.25, 0.3) is 0 Å². The number of halogens is 3. The van der Waals surface area contributed by atoms with Crippen LogP contribution in [0.3, 0.4) is 0 Å². The zero-order chi connectivity index (χ0) is 26.8. The second-order valence-electron chi connectivity index (χ2n) is 8.24. The summed E-state index contributed by atoms with van der Waals surface area (Å²) in [7, 11) is -8.11. The van der Waals surface area contributed by atoms with Gasteiger partial charge in [-0.2, -0.15) is 9.57 Å². The van der Waals surface area contributed by atoms with Gasteiger partial charge in [-0.15, -0.1) is 0 Å². The molecule has 0 aliphatic carbocycles. The number of hydrogen-bond donors (Lipinski definition) is 1. The lowest BCUT2D eigenvalue weighted by Crippen LogP contribution is -2.46. The molecule has 0 aromatic heterocycles. The van der Waals surface area contributed by atoms with E-state index in [0.717, 1.165) is 12.1 Å². The maximum absolute atomic E-state index is 13.6. The minimum Gasteiger partial charge on any atom is -0.456 e. The first-order chi connectivity index (χ1) is 17.5. The Morgan fingerprint density at radius 3 is 2.27 bits per heavy atom. The first kappa shape index (κ1) is 27.3. The molecule has 1 aliphatic rings. The van der Waals surface area contributed by atoms with Crippen LogP contribution in [0.5, 0.6) is 11.5 Å². The molecule has 8 nitrogen and oxygen atoms in total. The van der Waals surface area contributed by atoms with Gasteiger partial charge in [-0.25, -0.2) is 25.9 Å². The molecule has 0 radical (unpaired) electrons. The van der Waals surface area contributed by atoms with E-state index in [1.807, 2.05) is 6.07 Å². The van der Waals surface area contributed by atoms with Gasteiger partial charge >= 0.3 is 0 Å². The molecule has 1 N–H and O–H groups in total. The summed E-state index contributed by atoms with van der Waals surface area (Å²) in [5, 5.41) is 9.91. The first-order valence-electron chi connectivity index (χ1n) is 10.9. The fourth-order valence-corrected chi connectivity index (χ4v) is 7.30. The summed E-state index contributed by atoms with van der Waals surface area (Å²) in [5.74, 6) is -0.489. The molecule has 1 fully saturated rings. The molecule has 194 valence electrons. The molecule has 13 heteroatoms. The molecule has 37 heavy (non-hydrogen) atoms. The molecule has 0 saturated carbocycles. The highest BCUT2D eigenvalue weighted by atomic mass is 35.5. The van der Waals surface area contributed by atoms with Gasteiger partial charge in [0.1, 0.15) is 22.2 Å². The number of benzene rings is 3. The highest BCUT2D eigenvalue weighted by molar-refractivity contribution is 7.89. The monoisotopic (exact) mass is 583 g/mol. The van der Waals surface area contributed by atoms with Crippen molar-refractivity contribution < 1.29 is 26.0 Å². The zero-order valence-corrected chi connectivity index (χ0v) is 22.2. The van der Waals surface area contributed by atoms with Crippen molar-refractivity contribution in [3.05, 3.63) is 82.1 Å². The molecule has 0 atom stereocenters. The Hall–Kier alpha value is -2.72. The van der Waals surface area contributed by atoms with Crippen molar-refractivity contribution in [2.24, 2.45) is 0 Å². The number of ether oxygens (including phenoxy) is 1. The summed E-state index contributed by atoms with van der Waals surface area (Å²) in [4.78, 5) is -0.430. The minimum atomic E-state index is -4.13. The standard InChI is InChI=1S/C24H20Cl2FN3O5S2/c25-17-11-18(26)13-21(12-17)35-23-5-4-16(15-28)10-24(23)37(33,34)30-8-6-20(7-9-30)29-36(31,32)22-3-1-2-19(27)14-22/h1-5,10-14,20,29H,6-9H2. The molecule has 3 aromatic carbocycles. The normalized spacial score (nSPS) is 15.3.